The molecule has 0 aliphatic rings. The highest BCUT2D eigenvalue weighted by Crippen LogP contribution is 2.24. The van der Waals surface area contributed by atoms with Crippen LogP contribution < -0.4 is 14.8 Å². The van der Waals surface area contributed by atoms with Crippen LogP contribution >= 0.6 is 0 Å². The Morgan fingerprint density at radius 3 is 2.58 bits per heavy atom. The number of nitrogens with one attached hydrogen (secondary N) is 1. The second-order valence-electron chi connectivity index (χ2n) is 5.76. The zero-order valence-corrected chi connectivity index (χ0v) is 14.8. The lowest BCUT2D eigenvalue weighted by Gasteiger charge is -2.11. The van der Waals surface area contributed by atoms with Gasteiger partial charge in [0, 0.05) is 36.1 Å². The van der Waals surface area contributed by atoms with Crippen molar-refractivity contribution in [2.45, 2.75) is 13.1 Å². The van der Waals surface area contributed by atoms with E-state index in [9.17, 15) is 4.79 Å². The van der Waals surface area contributed by atoms with Gasteiger partial charge in [-0.05, 0) is 35.9 Å². The molecule has 1 heterocycles. The van der Waals surface area contributed by atoms with Crippen LogP contribution in [-0.2, 0) is 13.1 Å². The number of aromatic nitrogens is 2. The fourth-order valence-corrected chi connectivity index (χ4v) is 2.62. The van der Waals surface area contributed by atoms with Crippen LogP contribution in [0.1, 0.15) is 21.5 Å². The molecule has 134 valence electrons. The summed E-state index contributed by atoms with van der Waals surface area (Å²) in [5.41, 5.74) is 2.58. The number of hydrogen-bond acceptors (Lipinski definition) is 4. The standard InChI is InChI=1S/C20H21N3O3/c1-25-18-9-8-17(19(12-18)26-2)13-21-20(24)16-6-4-15(5-7-16)14-23-11-3-10-22-23/h3-12H,13-14H2,1-2H3,(H,21,24). The van der Waals surface area contributed by atoms with E-state index in [0.29, 0.717) is 30.2 Å². The Morgan fingerprint density at radius 1 is 1.12 bits per heavy atom. The maximum atomic E-state index is 12.4. The van der Waals surface area contributed by atoms with Crippen LogP contribution in [0, 0.1) is 0 Å². The second-order valence-corrected chi connectivity index (χ2v) is 5.76. The zero-order chi connectivity index (χ0) is 18.4. The molecule has 0 aliphatic carbocycles. The topological polar surface area (TPSA) is 65.4 Å². The normalized spacial score (nSPS) is 10.4. The first kappa shape index (κ1) is 17.5. The lowest BCUT2D eigenvalue weighted by molar-refractivity contribution is 0.0950. The van der Waals surface area contributed by atoms with Crippen molar-refractivity contribution in [3.05, 3.63) is 77.6 Å². The van der Waals surface area contributed by atoms with Gasteiger partial charge in [0.15, 0.2) is 0 Å². The van der Waals surface area contributed by atoms with E-state index >= 15 is 0 Å². The summed E-state index contributed by atoms with van der Waals surface area (Å²) >= 11 is 0. The number of nitrogens with zero attached hydrogens (tertiary/aromatic N) is 2. The summed E-state index contributed by atoms with van der Waals surface area (Å²) in [6.45, 7) is 1.05. The number of benzene rings is 2. The smallest absolute Gasteiger partial charge is 0.251 e. The Morgan fingerprint density at radius 2 is 1.92 bits per heavy atom. The molecular formula is C20H21N3O3. The fraction of sp³-hybridized carbons (Fsp3) is 0.200. The van der Waals surface area contributed by atoms with Gasteiger partial charge in [0.1, 0.15) is 11.5 Å². The van der Waals surface area contributed by atoms with Gasteiger partial charge in [-0.2, -0.15) is 5.10 Å². The van der Waals surface area contributed by atoms with E-state index in [1.165, 1.54) is 0 Å². The van der Waals surface area contributed by atoms with Crippen molar-refractivity contribution in [3.8, 4) is 11.5 Å². The first-order chi connectivity index (χ1) is 12.7. The van der Waals surface area contributed by atoms with E-state index in [1.807, 2.05) is 53.3 Å². The van der Waals surface area contributed by atoms with Crippen molar-refractivity contribution in [1.82, 2.24) is 15.1 Å². The number of hydrogen-bond donors (Lipinski definition) is 1. The molecular weight excluding hydrogens is 330 g/mol. The maximum Gasteiger partial charge on any atom is 0.251 e. The predicted octanol–water partition coefficient (Wildman–Crippen LogP) is 2.88. The SMILES string of the molecule is COc1ccc(CNC(=O)c2ccc(Cn3cccn3)cc2)c(OC)c1. The molecule has 6 nitrogen and oxygen atoms in total. The quantitative estimate of drug-likeness (QED) is 0.711. The van der Waals surface area contributed by atoms with Gasteiger partial charge in [-0.25, -0.2) is 0 Å². The molecule has 0 spiro atoms. The third-order valence-electron chi connectivity index (χ3n) is 4.05. The molecule has 0 saturated heterocycles. The first-order valence-electron chi connectivity index (χ1n) is 8.25. The third-order valence-corrected chi connectivity index (χ3v) is 4.05. The molecule has 3 rings (SSSR count). The largest absolute Gasteiger partial charge is 0.497 e. The molecule has 0 radical (unpaired) electrons. The van der Waals surface area contributed by atoms with Crippen LogP contribution in [0.5, 0.6) is 11.5 Å². The van der Waals surface area contributed by atoms with Crippen LogP contribution in [-0.4, -0.2) is 29.9 Å². The Bertz CT molecular complexity index is 859. The molecule has 6 heteroatoms. The summed E-state index contributed by atoms with van der Waals surface area (Å²) in [7, 11) is 3.20. The van der Waals surface area contributed by atoms with E-state index in [1.54, 1.807) is 26.5 Å². The van der Waals surface area contributed by atoms with E-state index in [2.05, 4.69) is 10.4 Å². The van der Waals surface area contributed by atoms with Gasteiger partial charge in [0.05, 0.1) is 20.8 Å². The lowest BCUT2D eigenvalue weighted by atomic mass is 10.1. The molecule has 2 aromatic carbocycles. The molecule has 0 fully saturated rings. The van der Waals surface area contributed by atoms with E-state index in [0.717, 1.165) is 11.1 Å². The minimum Gasteiger partial charge on any atom is -0.497 e. The van der Waals surface area contributed by atoms with Gasteiger partial charge in [0.25, 0.3) is 5.91 Å². The minimum absolute atomic E-state index is 0.131. The highest BCUT2D eigenvalue weighted by Gasteiger charge is 2.09. The van der Waals surface area contributed by atoms with Crippen molar-refractivity contribution >= 4 is 5.91 Å². The highest BCUT2D eigenvalue weighted by atomic mass is 16.5. The van der Waals surface area contributed by atoms with Gasteiger partial charge < -0.3 is 14.8 Å². The Balaban J connectivity index is 1.61. The molecule has 26 heavy (non-hydrogen) atoms. The molecule has 3 aromatic rings. The number of carbonyl (C=O) groups is 1. The van der Waals surface area contributed by atoms with E-state index in [4.69, 9.17) is 9.47 Å². The molecule has 1 amide bonds. The molecule has 0 bridgehead atoms. The van der Waals surface area contributed by atoms with Crippen molar-refractivity contribution in [2.75, 3.05) is 14.2 Å². The van der Waals surface area contributed by atoms with Crippen LogP contribution in [0.2, 0.25) is 0 Å². The average Bonchev–Trinajstić information content (AvgIpc) is 3.19. The van der Waals surface area contributed by atoms with Gasteiger partial charge in [-0.1, -0.05) is 12.1 Å². The first-order valence-corrected chi connectivity index (χ1v) is 8.25. The number of rotatable bonds is 7. The van der Waals surface area contributed by atoms with Crippen LogP contribution in [0.3, 0.4) is 0 Å². The number of ether oxygens (including phenoxy) is 2. The van der Waals surface area contributed by atoms with Crippen LogP contribution in [0.25, 0.3) is 0 Å². The third kappa shape index (κ3) is 4.22. The van der Waals surface area contributed by atoms with Crippen LogP contribution in [0.15, 0.2) is 60.9 Å². The van der Waals surface area contributed by atoms with Crippen molar-refractivity contribution in [2.24, 2.45) is 0 Å². The Hall–Kier alpha value is -3.28. The monoisotopic (exact) mass is 351 g/mol. The summed E-state index contributed by atoms with van der Waals surface area (Å²) in [6.07, 6.45) is 3.65. The number of methoxy groups -OCH3 is 2. The van der Waals surface area contributed by atoms with Gasteiger partial charge in [-0.3, -0.25) is 9.48 Å². The van der Waals surface area contributed by atoms with Gasteiger partial charge >= 0.3 is 0 Å². The Labute approximate surface area is 152 Å². The van der Waals surface area contributed by atoms with Crippen molar-refractivity contribution in [3.63, 3.8) is 0 Å². The average molecular weight is 351 g/mol. The summed E-state index contributed by atoms with van der Waals surface area (Å²) in [5, 5.41) is 7.09. The van der Waals surface area contributed by atoms with Gasteiger partial charge in [-0.15, -0.1) is 0 Å². The van der Waals surface area contributed by atoms with Crippen LogP contribution in [0.4, 0.5) is 0 Å². The van der Waals surface area contributed by atoms with E-state index < -0.39 is 0 Å². The summed E-state index contributed by atoms with van der Waals surface area (Å²) in [4.78, 5) is 12.4. The zero-order valence-electron chi connectivity index (χ0n) is 14.8. The summed E-state index contributed by atoms with van der Waals surface area (Å²) in [6, 6.07) is 14.9. The molecule has 0 aliphatic heterocycles. The fourth-order valence-electron chi connectivity index (χ4n) is 2.62. The minimum atomic E-state index is -0.131. The maximum absolute atomic E-state index is 12.4. The second kappa shape index (κ2) is 8.20. The molecule has 0 unspecified atom stereocenters. The molecule has 1 aromatic heterocycles. The Kier molecular flexibility index (Phi) is 5.53. The molecule has 0 atom stereocenters. The molecule has 0 saturated carbocycles. The van der Waals surface area contributed by atoms with Gasteiger partial charge in [0.2, 0.25) is 0 Å². The molecule has 1 N–H and O–H groups in total. The summed E-state index contributed by atoms with van der Waals surface area (Å²) in [5.74, 6) is 1.26. The number of carbonyl (C=O) groups excluding carboxylic acids is 1. The highest BCUT2D eigenvalue weighted by molar-refractivity contribution is 5.94. The predicted molar refractivity (Wildman–Crippen MR) is 98.5 cm³/mol. The summed E-state index contributed by atoms with van der Waals surface area (Å²) < 4.78 is 12.4. The van der Waals surface area contributed by atoms with Crippen molar-refractivity contribution in [1.29, 1.82) is 0 Å². The number of amides is 1. The van der Waals surface area contributed by atoms with E-state index in [-0.39, 0.29) is 5.91 Å². The van der Waals surface area contributed by atoms with Crippen molar-refractivity contribution < 1.29 is 14.3 Å². The lowest BCUT2D eigenvalue weighted by Crippen LogP contribution is -2.23.